The van der Waals surface area contributed by atoms with E-state index in [2.05, 4.69) is 4.72 Å². The van der Waals surface area contributed by atoms with Crippen LogP contribution in [-0.4, -0.2) is 55.0 Å². The van der Waals surface area contributed by atoms with Crippen molar-refractivity contribution in [1.82, 2.24) is 9.03 Å². The van der Waals surface area contributed by atoms with Crippen LogP contribution in [-0.2, 0) is 24.5 Å². The highest BCUT2D eigenvalue weighted by Crippen LogP contribution is 2.21. The van der Waals surface area contributed by atoms with Gasteiger partial charge in [0.1, 0.15) is 6.04 Å². The standard InChI is InChI=1S/C11H20N2O6S/c1-3-19-11(16)9-5-4-6-13(9)20(17,18)12-8(2)7-10(14)15/h8-9,12H,3-7H2,1-2H3,(H,14,15). The van der Waals surface area contributed by atoms with E-state index in [0.717, 1.165) is 4.31 Å². The number of carboxylic acid groups (broad SMARTS) is 1. The molecule has 0 spiro atoms. The summed E-state index contributed by atoms with van der Waals surface area (Å²) in [6, 6.07) is -1.58. The molecule has 0 aromatic rings. The first-order valence-corrected chi connectivity index (χ1v) is 7.89. The van der Waals surface area contributed by atoms with Gasteiger partial charge in [-0.1, -0.05) is 0 Å². The molecule has 0 aromatic heterocycles. The molecular formula is C11H20N2O6S. The third kappa shape index (κ3) is 4.43. The zero-order chi connectivity index (χ0) is 15.3. The van der Waals surface area contributed by atoms with Crippen LogP contribution in [0.1, 0.15) is 33.1 Å². The first-order chi connectivity index (χ1) is 9.27. The van der Waals surface area contributed by atoms with Gasteiger partial charge in [0.05, 0.1) is 13.0 Å². The van der Waals surface area contributed by atoms with E-state index < -0.39 is 34.2 Å². The van der Waals surface area contributed by atoms with Crippen molar-refractivity contribution in [3.8, 4) is 0 Å². The summed E-state index contributed by atoms with van der Waals surface area (Å²) in [4.78, 5) is 22.3. The molecule has 2 unspecified atom stereocenters. The van der Waals surface area contributed by atoms with Gasteiger partial charge in [0.15, 0.2) is 0 Å². The highest BCUT2D eigenvalue weighted by Gasteiger charge is 2.40. The molecule has 1 heterocycles. The highest BCUT2D eigenvalue weighted by atomic mass is 32.2. The third-order valence-corrected chi connectivity index (χ3v) is 4.66. The third-order valence-electron chi connectivity index (χ3n) is 2.90. The van der Waals surface area contributed by atoms with Gasteiger partial charge in [-0.05, 0) is 26.7 Å². The fourth-order valence-electron chi connectivity index (χ4n) is 2.13. The van der Waals surface area contributed by atoms with Crippen molar-refractivity contribution in [2.24, 2.45) is 0 Å². The molecule has 0 aliphatic carbocycles. The topological polar surface area (TPSA) is 113 Å². The number of esters is 1. The van der Waals surface area contributed by atoms with E-state index in [9.17, 15) is 18.0 Å². The lowest BCUT2D eigenvalue weighted by Crippen LogP contribution is -2.49. The number of ether oxygens (including phenoxy) is 1. The number of carboxylic acids is 1. The smallest absolute Gasteiger partial charge is 0.324 e. The molecule has 1 aliphatic heterocycles. The number of nitrogens with one attached hydrogen (secondary N) is 1. The molecule has 0 aromatic carbocycles. The van der Waals surface area contributed by atoms with Gasteiger partial charge in [-0.3, -0.25) is 9.59 Å². The molecule has 1 aliphatic rings. The first kappa shape index (κ1) is 16.9. The molecule has 2 N–H and O–H groups in total. The molecule has 1 fully saturated rings. The van der Waals surface area contributed by atoms with Crippen LogP contribution in [0.5, 0.6) is 0 Å². The fourth-order valence-corrected chi connectivity index (χ4v) is 3.75. The van der Waals surface area contributed by atoms with Crippen LogP contribution < -0.4 is 4.72 Å². The largest absolute Gasteiger partial charge is 0.481 e. The van der Waals surface area contributed by atoms with E-state index in [1.165, 1.54) is 6.92 Å². The van der Waals surface area contributed by atoms with Crippen molar-refractivity contribution in [2.45, 2.75) is 45.2 Å². The van der Waals surface area contributed by atoms with Gasteiger partial charge in [0.2, 0.25) is 0 Å². The summed E-state index contributed by atoms with van der Waals surface area (Å²) in [7, 11) is -3.90. The van der Waals surface area contributed by atoms with Crippen molar-refractivity contribution >= 4 is 22.1 Å². The molecule has 9 heteroatoms. The Kier molecular flexibility index (Phi) is 5.90. The Bertz CT molecular complexity index is 464. The number of carbonyl (C=O) groups is 2. The molecule has 0 saturated carbocycles. The second-order valence-electron chi connectivity index (χ2n) is 4.64. The SMILES string of the molecule is CCOC(=O)C1CCCN1S(=O)(=O)NC(C)CC(=O)O. The van der Waals surface area contributed by atoms with Crippen LogP contribution in [0.2, 0.25) is 0 Å². The number of aliphatic carboxylic acids is 1. The van der Waals surface area contributed by atoms with Crippen molar-refractivity contribution < 1.29 is 27.9 Å². The van der Waals surface area contributed by atoms with E-state index in [4.69, 9.17) is 9.84 Å². The summed E-state index contributed by atoms with van der Waals surface area (Å²) in [6.07, 6.45) is 0.655. The minimum absolute atomic E-state index is 0.187. The van der Waals surface area contributed by atoms with Crippen LogP contribution in [0.3, 0.4) is 0 Å². The average Bonchev–Trinajstić information content (AvgIpc) is 2.76. The van der Waals surface area contributed by atoms with Gasteiger partial charge in [-0.2, -0.15) is 17.4 Å². The molecule has 20 heavy (non-hydrogen) atoms. The van der Waals surface area contributed by atoms with E-state index in [1.807, 2.05) is 0 Å². The normalized spacial score (nSPS) is 21.6. The van der Waals surface area contributed by atoms with Gasteiger partial charge < -0.3 is 9.84 Å². The first-order valence-electron chi connectivity index (χ1n) is 6.45. The zero-order valence-corrected chi connectivity index (χ0v) is 12.4. The zero-order valence-electron chi connectivity index (χ0n) is 11.5. The fraction of sp³-hybridized carbons (Fsp3) is 0.818. The van der Waals surface area contributed by atoms with Crippen LogP contribution in [0.15, 0.2) is 0 Å². The molecule has 0 radical (unpaired) electrons. The number of nitrogens with zero attached hydrogens (tertiary/aromatic N) is 1. The maximum Gasteiger partial charge on any atom is 0.324 e. The lowest BCUT2D eigenvalue weighted by atomic mass is 10.2. The van der Waals surface area contributed by atoms with Crippen molar-refractivity contribution in [3.63, 3.8) is 0 Å². The molecule has 0 amide bonds. The summed E-state index contributed by atoms with van der Waals surface area (Å²) < 4.78 is 32.5. The van der Waals surface area contributed by atoms with Crippen LogP contribution >= 0.6 is 0 Å². The Morgan fingerprint density at radius 3 is 2.70 bits per heavy atom. The maximum atomic E-state index is 12.2. The minimum atomic E-state index is -3.90. The van der Waals surface area contributed by atoms with Gasteiger partial charge in [0, 0.05) is 12.6 Å². The number of hydrogen-bond donors (Lipinski definition) is 2. The van der Waals surface area contributed by atoms with E-state index >= 15 is 0 Å². The van der Waals surface area contributed by atoms with E-state index in [0.29, 0.717) is 12.8 Å². The Morgan fingerprint density at radius 2 is 2.15 bits per heavy atom. The summed E-state index contributed by atoms with van der Waals surface area (Å²) >= 11 is 0. The second-order valence-corrected chi connectivity index (χ2v) is 6.30. The molecule has 1 saturated heterocycles. The minimum Gasteiger partial charge on any atom is -0.481 e. The Labute approximate surface area is 118 Å². The van der Waals surface area contributed by atoms with Crippen molar-refractivity contribution in [3.05, 3.63) is 0 Å². The molecule has 8 nitrogen and oxygen atoms in total. The summed E-state index contributed by atoms with van der Waals surface area (Å²) in [5, 5.41) is 8.63. The summed E-state index contributed by atoms with van der Waals surface area (Å²) in [6.45, 7) is 3.52. The Morgan fingerprint density at radius 1 is 1.50 bits per heavy atom. The van der Waals surface area contributed by atoms with Crippen molar-refractivity contribution in [2.75, 3.05) is 13.2 Å². The monoisotopic (exact) mass is 308 g/mol. The van der Waals surface area contributed by atoms with Gasteiger partial charge >= 0.3 is 11.9 Å². The lowest BCUT2D eigenvalue weighted by molar-refractivity contribution is -0.147. The number of carbonyl (C=O) groups excluding carboxylic acids is 1. The van der Waals surface area contributed by atoms with E-state index in [1.54, 1.807) is 6.92 Å². The quantitative estimate of drug-likeness (QED) is 0.625. The lowest BCUT2D eigenvalue weighted by Gasteiger charge is -2.24. The van der Waals surface area contributed by atoms with Crippen LogP contribution in [0, 0.1) is 0 Å². The molecular weight excluding hydrogens is 288 g/mol. The van der Waals surface area contributed by atoms with Gasteiger partial charge in [-0.25, -0.2) is 0 Å². The second kappa shape index (κ2) is 7.00. The predicted molar refractivity (Wildman–Crippen MR) is 70.1 cm³/mol. The summed E-state index contributed by atoms with van der Waals surface area (Å²) in [5.41, 5.74) is 0. The Balaban J connectivity index is 2.75. The van der Waals surface area contributed by atoms with Gasteiger partial charge in [0.25, 0.3) is 10.2 Å². The van der Waals surface area contributed by atoms with Crippen LogP contribution in [0.25, 0.3) is 0 Å². The summed E-state index contributed by atoms with van der Waals surface area (Å²) in [5.74, 6) is -1.66. The predicted octanol–water partition coefficient (Wildman–Crippen LogP) is -0.288. The average molecular weight is 308 g/mol. The Hall–Kier alpha value is -1.19. The van der Waals surface area contributed by atoms with Crippen molar-refractivity contribution in [1.29, 1.82) is 0 Å². The number of hydrogen-bond acceptors (Lipinski definition) is 5. The molecule has 0 bridgehead atoms. The molecule has 116 valence electrons. The highest BCUT2D eigenvalue weighted by molar-refractivity contribution is 7.87. The van der Waals surface area contributed by atoms with Gasteiger partial charge in [-0.15, -0.1) is 0 Å². The maximum absolute atomic E-state index is 12.2. The molecule has 1 rings (SSSR count). The number of rotatable bonds is 7. The van der Waals surface area contributed by atoms with E-state index in [-0.39, 0.29) is 19.6 Å². The molecule has 2 atom stereocenters. The van der Waals surface area contributed by atoms with Crippen LogP contribution in [0.4, 0.5) is 0 Å².